The Morgan fingerprint density at radius 3 is 2.58 bits per heavy atom. The Balaban J connectivity index is 2.03. The molecule has 0 spiro atoms. The molecule has 19 heavy (non-hydrogen) atoms. The number of hydrogen-bond donors (Lipinski definition) is 2. The minimum absolute atomic E-state index is 0.153. The van der Waals surface area contributed by atoms with E-state index in [1.165, 1.54) is 32.1 Å². The summed E-state index contributed by atoms with van der Waals surface area (Å²) in [7, 11) is 0. The van der Waals surface area contributed by atoms with Gasteiger partial charge in [0.1, 0.15) is 0 Å². The van der Waals surface area contributed by atoms with E-state index in [-0.39, 0.29) is 12.1 Å². The molecule has 110 valence electrons. The number of nitrogens with one attached hydrogen (secondary N) is 2. The third-order valence-corrected chi connectivity index (χ3v) is 4.40. The maximum atomic E-state index is 12.4. The van der Waals surface area contributed by atoms with Gasteiger partial charge in [0.25, 0.3) is 0 Å². The summed E-state index contributed by atoms with van der Waals surface area (Å²) in [5.74, 6) is 0.692. The van der Waals surface area contributed by atoms with Crippen LogP contribution in [0.4, 0.5) is 4.79 Å². The summed E-state index contributed by atoms with van der Waals surface area (Å²) in [6, 6.07) is 0.841. The van der Waals surface area contributed by atoms with Crippen molar-refractivity contribution in [2.75, 3.05) is 19.6 Å². The second kappa shape index (κ2) is 7.13. The Bertz CT molecular complexity index is 287. The van der Waals surface area contributed by atoms with E-state index in [2.05, 4.69) is 15.5 Å². The largest absolute Gasteiger partial charge is 0.336 e. The molecule has 0 radical (unpaired) electrons. The molecule has 4 nitrogen and oxygen atoms in total. The maximum Gasteiger partial charge on any atom is 0.317 e. The Hall–Kier alpha value is -0.770. The number of rotatable bonds is 2. The number of nitrogens with zero attached hydrogens (tertiary/aromatic N) is 1. The average Bonchev–Trinajstić information content (AvgIpc) is 2.64. The highest BCUT2D eigenvalue weighted by Crippen LogP contribution is 2.28. The molecule has 4 heteroatoms. The maximum absolute atomic E-state index is 12.4. The SMILES string of the molecule is CC(C)NC(=O)N1CCCCCC1C1CCNCC1. The van der Waals surface area contributed by atoms with Gasteiger partial charge in [0.05, 0.1) is 0 Å². The number of likely N-dealkylation sites (tertiary alicyclic amines) is 1. The van der Waals surface area contributed by atoms with Gasteiger partial charge >= 0.3 is 6.03 Å². The van der Waals surface area contributed by atoms with Crippen molar-refractivity contribution in [1.29, 1.82) is 0 Å². The van der Waals surface area contributed by atoms with Crippen LogP contribution in [0, 0.1) is 5.92 Å². The lowest BCUT2D eigenvalue weighted by Gasteiger charge is -2.38. The quantitative estimate of drug-likeness (QED) is 0.806. The normalized spacial score (nSPS) is 26.3. The van der Waals surface area contributed by atoms with Crippen LogP contribution in [0.25, 0.3) is 0 Å². The van der Waals surface area contributed by atoms with E-state index >= 15 is 0 Å². The molecule has 2 fully saturated rings. The van der Waals surface area contributed by atoms with E-state index < -0.39 is 0 Å². The molecule has 2 saturated heterocycles. The van der Waals surface area contributed by atoms with Crippen molar-refractivity contribution in [2.24, 2.45) is 5.92 Å². The zero-order valence-electron chi connectivity index (χ0n) is 12.5. The zero-order chi connectivity index (χ0) is 13.7. The number of hydrogen-bond acceptors (Lipinski definition) is 2. The lowest BCUT2D eigenvalue weighted by molar-refractivity contribution is 0.132. The summed E-state index contributed by atoms with van der Waals surface area (Å²) in [6.45, 7) is 7.24. The van der Waals surface area contributed by atoms with Crippen molar-refractivity contribution in [2.45, 2.75) is 64.5 Å². The van der Waals surface area contributed by atoms with Crippen LogP contribution in [0.3, 0.4) is 0 Å². The van der Waals surface area contributed by atoms with Crippen molar-refractivity contribution in [1.82, 2.24) is 15.5 Å². The van der Waals surface area contributed by atoms with Crippen molar-refractivity contribution < 1.29 is 4.79 Å². The Labute approximate surface area is 117 Å². The fourth-order valence-corrected chi connectivity index (χ4v) is 3.44. The fourth-order valence-electron chi connectivity index (χ4n) is 3.44. The number of amides is 2. The van der Waals surface area contributed by atoms with Crippen LogP contribution in [0.2, 0.25) is 0 Å². The lowest BCUT2D eigenvalue weighted by atomic mass is 9.87. The van der Waals surface area contributed by atoms with Crippen molar-refractivity contribution in [3.05, 3.63) is 0 Å². The van der Waals surface area contributed by atoms with E-state index in [1.54, 1.807) is 0 Å². The molecule has 2 aliphatic heterocycles. The van der Waals surface area contributed by atoms with Crippen LogP contribution in [0.1, 0.15) is 52.4 Å². The minimum Gasteiger partial charge on any atom is -0.336 e. The fraction of sp³-hybridized carbons (Fsp3) is 0.933. The van der Waals surface area contributed by atoms with Crippen molar-refractivity contribution in [3.8, 4) is 0 Å². The highest BCUT2D eigenvalue weighted by atomic mass is 16.2. The second-order valence-electron chi connectivity index (χ2n) is 6.30. The first-order valence-corrected chi connectivity index (χ1v) is 7.96. The van der Waals surface area contributed by atoms with Gasteiger partial charge in [0, 0.05) is 18.6 Å². The standard InChI is InChI=1S/C15H29N3O/c1-12(2)17-15(19)18-11-5-3-4-6-14(18)13-7-9-16-10-8-13/h12-14,16H,3-11H2,1-2H3,(H,17,19). The molecule has 0 bridgehead atoms. The number of carbonyl (C=O) groups excluding carboxylic acids is 1. The first kappa shape index (κ1) is 14.6. The molecule has 2 rings (SSSR count). The Kier molecular flexibility index (Phi) is 5.49. The molecule has 0 aromatic heterocycles. The van der Waals surface area contributed by atoms with Crippen LogP contribution in [-0.2, 0) is 0 Å². The molecular weight excluding hydrogens is 238 g/mol. The topological polar surface area (TPSA) is 44.4 Å². The molecule has 2 aliphatic rings. The van der Waals surface area contributed by atoms with Gasteiger partial charge in [-0.1, -0.05) is 12.8 Å². The molecule has 1 atom stereocenters. The van der Waals surface area contributed by atoms with E-state index in [4.69, 9.17) is 0 Å². The third kappa shape index (κ3) is 4.10. The van der Waals surface area contributed by atoms with Crippen LogP contribution in [0.5, 0.6) is 0 Å². The number of carbonyl (C=O) groups is 1. The Morgan fingerprint density at radius 1 is 1.16 bits per heavy atom. The second-order valence-corrected chi connectivity index (χ2v) is 6.30. The first-order chi connectivity index (χ1) is 9.18. The molecule has 0 saturated carbocycles. The predicted molar refractivity (Wildman–Crippen MR) is 78.2 cm³/mol. The third-order valence-electron chi connectivity index (χ3n) is 4.40. The number of piperidine rings is 1. The summed E-state index contributed by atoms with van der Waals surface area (Å²) in [5, 5.41) is 6.51. The number of urea groups is 1. The summed E-state index contributed by atoms with van der Waals surface area (Å²) >= 11 is 0. The smallest absolute Gasteiger partial charge is 0.317 e. The van der Waals surface area contributed by atoms with Gasteiger partial charge in [-0.05, 0) is 58.5 Å². The molecule has 0 aliphatic carbocycles. The molecule has 2 amide bonds. The van der Waals surface area contributed by atoms with Crippen molar-refractivity contribution in [3.63, 3.8) is 0 Å². The van der Waals surface area contributed by atoms with Crippen molar-refractivity contribution >= 4 is 6.03 Å². The summed E-state index contributed by atoms with van der Waals surface area (Å²) in [5.41, 5.74) is 0. The van der Waals surface area contributed by atoms with E-state index in [1.807, 2.05) is 13.8 Å². The molecule has 0 aromatic rings. The Morgan fingerprint density at radius 2 is 1.89 bits per heavy atom. The van der Waals surface area contributed by atoms with Gasteiger partial charge in [-0.2, -0.15) is 0 Å². The van der Waals surface area contributed by atoms with Gasteiger partial charge in [0.15, 0.2) is 0 Å². The molecule has 2 N–H and O–H groups in total. The van der Waals surface area contributed by atoms with Crippen LogP contribution in [-0.4, -0.2) is 42.6 Å². The predicted octanol–water partition coefficient (Wildman–Crippen LogP) is 2.35. The first-order valence-electron chi connectivity index (χ1n) is 7.96. The lowest BCUT2D eigenvalue weighted by Crippen LogP contribution is -2.51. The summed E-state index contributed by atoms with van der Waals surface area (Å²) < 4.78 is 0. The van der Waals surface area contributed by atoms with Gasteiger partial charge in [-0.25, -0.2) is 4.79 Å². The molecular formula is C15H29N3O. The van der Waals surface area contributed by atoms with E-state index in [0.29, 0.717) is 12.0 Å². The summed E-state index contributed by atoms with van der Waals surface area (Å²) in [6.07, 6.45) is 7.34. The van der Waals surface area contributed by atoms with Gasteiger partial charge < -0.3 is 15.5 Å². The molecule has 0 aromatic carbocycles. The highest BCUT2D eigenvalue weighted by Gasteiger charge is 2.32. The zero-order valence-corrected chi connectivity index (χ0v) is 12.5. The van der Waals surface area contributed by atoms with Crippen LogP contribution >= 0.6 is 0 Å². The van der Waals surface area contributed by atoms with E-state index in [0.717, 1.165) is 26.1 Å². The van der Waals surface area contributed by atoms with E-state index in [9.17, 15) is 4.79 Å². The van der Waals surface area contributed by atoms with Gasteiger partial charge in [0.2, 0.25) is 0 Å². The molecule has 1 unspecified atom stereocenters. The minimum atomic E-state index is 0.153. The average molecular weight is 267 g/mol. The van der Waals surface area contributed by atoms with Gasteiger partial charge in [-0.3, -0.25) is 0 Å². The highest BCUT2D eigenvalue weighted by molar-refractivity contribution is 5.74. The molecule has 2 heterocycles. The van der Waals surface area contributed by atoms with Crippen LogP contribution in [0.15, 0.2) is 0 Å². The van der Waals surface area contributed by atoms with Crippen LogP contribution < -0.4 is 10.6 Å². The monoisotopic (exact) mass is 267 g/mol. The summed E-state index contributed by atoms with van der Waals surface area (Å²) in [4.78, 5) is 14.6. The van der Waals surface area contributed by atoms with Gasteiger partial charge in [-0.15, -0.1) is 0 Å².